The maximum atomic E-state index is 2.25. The van der Waals surface area contributed by atoms with Crippen LogP contribution in [0.25, 0.3) is 11.1 Å². The molecule has 0 fully saturated rings. The zero-order valence-corrected chi connectivity index (χ0v) is 21.5. The number of benzene rings is 2. The van der Waals surface area contributed by atoms with Crippen molar-refractivity contribution in [2.45, 2.75) is 65.5 Å². The smallest absolute Gasteiger partial charge is 0.173 e. The molecule has 0 N–H and O–H groups in total. The van der Waals surface area contributed by atoms with Gasteiger partial charge in [0.05, 0.1) is 0 Å². The minimum absolute atomic E-state index is 0.192. The third-order valence-corrected chi connectivity index (χ3v) is 6.49. The highest BCUT2D eigenvalue weighted by Gasteiger charge is 2.15. The topological polar surface area (TPSA) is 7.76 Å². The number of rotatable bonds is 5. The van der Waals surface area contributed by atoms with Gasteiger partial charge in [-0.15, -0.1) is 0 Å². The summed E-state index contributed by atoms with van der Waals surface area (Å²) in [5.74, 6) is 0. The molecule has 2 heterocycles. The summed E-state index contributed by atoms with van der Waals surface area (Å²) >= 11 is 0. The van der Waals surface area contributed by atoms with Crippen molar-refractivity contribution in [3.05, 3.63) is 120 Å². The van der Waals surface area contributed by atoms with Crippen LogP contribution in [0, 0.1) is 0 Å². The molecule has 0 aliphatic heterocycles. The Labute approximate surface area is 205 Å². The molecule has 2 heteroatoms. The van der Waals surface area contributed by atoms with Gasteiger partial charge in [0.1, 0.15) is 0 Å². The van der Waals surface area contributed by atoms with Gasteiger partial charge >= 0.3 is 0 Å². The van der Waals surface area contributed by atoms with E-state index < -0.39 is 0 Å². The Bertz CT molecular complexity index is 1100. The molecule has 174 valence electrons. The molecule has 0 aliphatic rings. The second-order valence-electron chi connectivity index (χ2n) is 11.4. The fraction of sp³-hybridized carbons (Fsp3) is 0.312. The van der Waals surface area contributed by atoms with Gasteiger partial charge in [-0.3, -0.25) is 0 Å². The molecular formula is C32H38N2+2. The monoisotopic (exact) mass is 450 g/mol. The summed E-state index contributed by atoms with van der Waals surface area (Å²) in [7, 11) is 0. The maximum Gasteiger partial charge on any atom is 0.173 e. The van der Waals surface area contributed by atoms with Crippen molar-refractivity contribution >= 4 is 0 Å². The summed E-state index contributed by atoms with van der Waals surface area (Å²) in [6.07, 6.45) is 8.69. The summed E-state index contributed by atoms with van der Waals surface area (Å²) in [5.41, 5.74) is 8.25. The molecule has 2 nitrogen and oxygen atoms in total. The van der Waals surface area contributed by atoms with Crippen LogP contribution >= 0.6 is 0 Å². The number of pyridine rings is 2. The molecule has 0 saturated carbocycles. The first-order valence-electron chi connectivity index (χ1n) is 12.3. The molecule has 0 unspecified atom stereocenters. The molecular weight excluding hydrogens is 412 g/mol. The van der Waals surface area contributed by atoms with Crippen molar-refractivity contribution in [2.75, 3.05) is 0 Å². The minimum Gasteiger partial charge on any atom is -0.201 e. The van der Waals surface area contributed by atoms with Gasteiger partial charge in [-0.1, -0.05) is 90.1 Å². The highest BCUT2D eigenvalue weighted by Crippen LogP contribution is 2.23. The summed E-state index contributed by atoms with van der Waals surface area (Å²) in [6.45, 7) is 15.3. The Hall–Kier alpha value is -3.26. The summed E-state index contributed by atoms with van der Waals surface area (Å²) in [4.78, 5) is 0. The van der Waals surface area contributed by atoms with Crippen molar-refractivity contribution in [1.29, 1.82) is 0 Å². The first-order valence-corrected chi connectivity index (χ1v) is 12.3. The molecule has 4 rings (SSSR count). The van der Waals surface area contributed by atoms with Crippen LogP contribution < -0.4 is 9.13 Å². The van der Waals surface area contributed by atoms with Gasteiger partial charge in [0.25, 0.3) is 0 Å². The fourth-order valence-electron chi connectivity index (χ4n) is 4.15. The van der Waals surface area contributed by atoms with E-state index in [9.17, 15) is 0 Å². The van der Waals surface area contributed by atoms with Crippen LogP contribution in [0.15, 0.2) is 97.6 Å². The van der Waals surface area contributed by atoms with Crippen molar-refractivity contribution in [1.82, 2.24) is 0 Å². The van der Waals surface area contributed by atoms with Crippen molar-refractivity contribution in [3.63, 3.8) is 0 Å². The van der Waals surface area contributed by atoms with E-state index >= 15 is 0 Å². The average molecular weight is 451 g/mol. The van der Waals surface area contributed by atoms with Crippen LogP contribution in [0.3, 0.4) is 0 Å². The largest absolute Gasteiger partial charge is 0.201 e. The first-order chi connectivity index (χ1) is 16.1. The van der Waals surface area contributed by atoms with E-state index in [1.54, 1.807) is 0 Å². The van der Waals surface area contributed by atoms with Gasteiger partial charge in [-0.25, -0.2) is 9.13 Å². The lowest BCUT2D eigenvalue weighted by molar-refractivity contribution is -0.688. The molecule has 0 spiro atoms. The molecule has 0 amide bonds. The lowest BCUT2D eigenvalue weighted by Crippen LogP contribution is -2.33. The van der Waals surface area contributed by atoms with Crippen LogP contribution in [-0.4, -0.2) is 0 Å². The van der Waals surface area contributed by atoms with Gasteiger partial charge in [0, 0.05) is 35.4 Å². The SMILES string of the molecule is CC(C)(C)c1ccc(C[n+]2ccc(-c3cc[n+](Cc4ccc(C(C)(C)C)cc4)cc3)cc2)cc1. The Morgan fingerprint density at radius 3 is 1.00 bits per heavy atom. The minimum atomic E-state index is 0.192. The normalized spacial score (nSPS) is 12.1. The van der Waals surface area contributed by atoms with E-state index in [1.165, 1.54) is 33.4 Å². The third-order valence-electron chi connectivity index (χ3n) is 6.49. The predicted molar refractivity (Wildman–Crippen MR) is 141 cm³/mol. The summed E-state index contributed by atoms with van der Waals surface area (Å²) in [5, 5.41) is 0. The molecule has 0 bridgehead atoms. The molecule has 2 aromatic carbocycles. The Balaban J connectivity index is 1.39. The second-order valence-corrected chi connectivity index (χ2v) is 11.4. The quantitative estimate of drug-likeness (QED) is 0.302. The fourth-order valence-corrected chi connectivity index (χ4v) is 4.15. The average Bonchev–Trinajstić information content (AvgIpc) is 2.80. The Morgan fingerprint density at radius 1 is 0.441 bits per heavy atom. The van der Waals surface area contributed by atoms with Gasteiger partial charge in [-0.05, 0) is 33.1 Å². The standard InChI is InChI=1S/C32H38N2/c1-31(2,3)29-11-7-25(8-12-29)23-33-19-15-27(16-20-33)28-17-21-34(22-18-28)24-26-9-13-30(14-10-26)32(4,5)6/h7-22H,23-24H2,1-6H3/q+2. The zero-order valence-electron chi connectivity index (χ0n) is 21.5. The van der Waals surface area contributed by atoms with Gasteiger partial charge in [-0.2, -0.15) is 0 Å². The molecule has 2 aromatic heterocycles. The summed E-state index contributed by atoms with van der Waals surface area (Å²) < 4.78 is 4.47. The lowest BCUT2D eigenvalue weighted by atomic mass is 9.87. The first kappa shape index (κ1) is 23.9. The van der Waals surface area contributed by atoms with Crippen LogP contribution in [0.1, 0.15) is 63.8 Å². The molecule has 0 saturated heterocycles. The number of hydrogen-bond donors (Lipinski definition) is 0. The van der Waals surface area contributed by atoms with Gasteiger partial charge in [0.15, 0.2) is 37.9 Å². The lowest BCUT2D eigenvalue weighted by Gasteiger charge is -2.18. The second kappa shape index (κ2) is 9.54. The number of aromatic nitrogens is 2. The molecule has 0 radical (unpaired) electrons. The van der Waals surface area contributed by atoms with Crippen molar-refractivity contribution < 1.29 is 9.13 Å². The zero-order chi connectivity index (χ0) is 24.3. The van der Waals surface area contributed by atoms with E-state index in [2.05, 4.69) is 148 Å². The van der Waals surface area contributed by atoms with Crippen LogP contribution in [0.5, 0.6) is 0 Å². The third kappa shape index (κ3) is 5.99. The highest BCUT2D eigenvalue weighted by atomic mass is 14.9. The molecule has 0 aliphatic carbocycles. The highest BCUT2D eigenvalue weighted by molar-refractivity contribution is 5.61. The Morgan fingerprint density at radius 2 is 0.735 bits per heavy atom. The van der Waals surface area contributed by atoms with Crippen LogP contribution in [0.2, 0.25) is 0 Å². The van der Waals surface area contributed by atoms with E-state index in [4.69, 9.17) is 0 Å². The van der Waals surface area contributed by atoms with E-state index in [1.807, 2.05) is 0 Å². The van der Waals surface area contributed by atoms with Gasteiger partial charge < -0.3 is 0 Å². The number of hydrogen-bond acceptors (Lipinski definition) is 0. The predicted octanol–water partition coefficient (Wildman–Crippen LogP) is 6.62. The van der Waals surface area contributed by atoms with Gasteiger partial charge in [0.2, 0.25) is 0 Å². The summed E-state index contributed by atoms with van der Waals surface area (Å²) in [6, 6.07) is 26.8. The van der Waals surface area contributed by atoms with E-state index in [0.29, 0.717) is 0 Å². The number of nitrogens with zero attached hydrogens (tertiary/aromatic N) is 2. The molecule has 4 aromatic rings. The van der Waals surface area contributed by atoms with Crippen molar-refractivity contribution in [2.24, 2.45) is 0 Å². The van der Waals surface area contributed by atoms with Crippen LogP contribution in [0.4, 0.5) is 0 Å². The molecule has 0 atom stereocenters. The van der Waals surface area contributed by atoms with Crippen molar-refractivity contribution in [3.8, 4) is 11.1 Å². The molecule has 34 heavy (non-hydrogen) atoms. The van der Waals surface area contributed by atoms with Crippen LogP contribution in [-0.2, 0) is 23.9 Å². The van der Waals surface area contributed by atoms with E-state index in [0.717, 1.165) is 13.1 Å². The Kier molecular flexibility index (Phi) is 6.70. The van der Waals surface area contributed by atoms with E-state index in [-0.39, 0.29) is 10.8 Å². The maximum absolute atomic E-state index is 2.25.